The predicted octanol–water partition coefficient (Wildman–Crippen LogP) is 5.67. The molecule has 0 aromatic heterocycles. The van der Waals surface area contributed by atoms with Gasteiger partial charge in [0, 0.05) is 11.6 Å². The van der Waals surface area contributed by atoms with Gasteiger partial charge in [0.1, 0.15) is 17.9 Å². The third-order valence-electron chi connectivity index (χ3n) is 6.53. The lowest BCUT2D eigenvalue weighted by atomic mass is 9.94. The summed E-state index contributed by atoms with van der Waals surface area (Å²) in [6.45, 7) is 1.91. The van der Waals surface area contributed by atoms with Crippen molar-refractivity contribution in [1.29, 1.82) is 5.26 Å². The van der Waals surface area contributed by atoms with Crippen molar-refractivity contribution in [3.8, 4) is 6.07 Å². The number of nitrogens with zero attached hydrogens (tertiary/aromatic N) is 1. The average molecular weight is 479 g/mol. The normalized spacial score (nSPS) is 18.5. The number of nitrogens with two attached hydrogens (primary N) is 1. The SMILES string of the molecule is CCC(N)C1NC(C#N)=C(c2ccc(CCc3ccc(C4=CCCC=C4)cc3)c(C(F)(F)F)c2)N1. The van der Waals surface area contributed by atoms with Gasteiger partial charge in [-0.25, -0.2) is 0 Å². The molecule has 2 aromatic rings. The van der Waals surface area contributed by atoms with Crippen LogP contribution < -0.4 is 16.4 Å². The number of allylic oxidation sites excluding steroid dienone is 5. The van der Waals surface area contributed by atoms with E-state index in [1.165, 1.54) is 11.6 Å². The van der Waals surface area contributed by atoms with Gasteiger partial charge in [0.2, 0.25) is 0 Å². The van der Waals surface area contributed by atoms with Gasteiger partial charge in [-0.15, -0.1) is 0 Å². The molecule has 0 saturated heterocycles. The predicted molar refractivity (Wildman–Crippen MR) is 133 cm³/mol. The largest absolute Gasteiger partial charge is 0.416 e. The minimum atomic E-state index is -4.51. The molecule has 0 radical (unpaired) electrons. The molecule has 0 bridgehead atoms. The van der Waals surface area contributed by atoms with Crippen LogP contribution in [0.5, 0.6) is 0 Å². The van der Waals surface area contributed by atoms with Gasteiger partial charge in [0.05, 0.1) is 11.3 Å². The molecule has 4 rings (SSSR count). The Bertz CT molecular complexity index is 1200. The number of aryl methyl sites for hydroxylation is 2. The summed E-state index contributed by atoms with van der Waals surface area (Å²) in [5.41, 5.74) is 9.75. The molecule has 4 nitrogen and oxygen atoms in total. The summed E-state index contributed by atoms with van der Waals surface area (Å²) in [4.78, 5) is 0. The Morgan fingerprint density at radius 2 is 1.80 bits per heavy atom. The van der Waals surface area contributed by atoms with E-state index in [4.69, 9.17) is 5.73 Å². The maximum Gasteiger partial charge on any atom is 0.416 e. The highest BCUT2D eigenvalue weighted by Gasteiger charge is 2.35. The van der Waals surface area contributed by atoms with E-state index in [2.05, 4.69) is 28.9 Å². The Kier molecular flexibility index (Phi) is 7.32. The molecular formula is C28H29F3N4. The molecule has 1 aliphatic carbocycles. The van der Waals surface area contributed by atoms with E-state index in [1.807, 2.05) is 37.3 Å². The molecule has 0 amide bonds. The fraction of sp³-hybridized carbons (Fsp3) is 0.321. The molecule has 2 aliphatic rings. The molecular weight excluding hydrogens is 449 g/mol. The summed E-state index contributed by atoms with van der Waals surface area (Å²) < 4.78 is 42.0. The van der Waals surface area contributed by atoms with Crippen LogP contribution in [0.4, 0.5) is 13.2 Å². The van der Waals surface area contributed by atoms with Crippen LogP contribution in [0.1, 0.15) is 54.0 Å². The number of nitrogens with one attached hydrogen (secondary N) is 2. The highest BCUT2D eigenvalue weighted by molar-refractivity contribution is 5.75. The first-order valence-corrected chi connectivity index (χ1v) is 11.9. The summed E-state index contributed by atoms with van der Waals surface area (Å²) in [7, 11) is 0. The van der Waals surface area contributed by atoms with Gasteiger partial charge in [-0.05, 0) is 60.4 Å². The Morgan fingerprint density at radius 3 is 2.43 bits per heavy atom. The molecule has 1 heterocycles. The Morgan fingerprint density at radius 1 is 1.06 bits per heavy atom. The minimum absolute atomic E-state index is 0.197. The number of halogens is 3. The molecule has 182 valence electrons. The van der Waals surface area contributed by atoms with Crippen LogP contribution in [-0.4, -0.2) is 12.2 Å². The summed E-state index contributed by atoms with van der Waals surface area (Å²) in [5.74, 6) is 0. The van der Waals surface area contributed by atoms with Gasteiger partial charge in [-0.1, -0.05) is 61.5 Å². The van der Waals surface area contributed by atoms with Crippen LogP contribution in [0.3, 0.4) is 0 Å². The van der Waals surface area contributed by atoms with Gasteiger partial charge < -0.3 is 16.4 Å². The highest BCUT2D eigenvalue weighted by atomic mass is 19.4. The average Bonchev–Trinajstić information content (AvgIpc) is 3.32. The van der Waals surface area contributed by atoms with Gasteiger partial charge in [0.25, 0.3) is 0 Å². The maximum absolute atomic E-state index is 14.0. The maximum atomic E-state index is 14.0. The van der Waals surface area contributed by atoms with E-state index in [0.29, 0.717) is 24.1 Å². The second kappa shape index (κ2) is 10.4. The van der Waals surface area contributed by atoms with Crippen LogP contribution in [-0.2, 0) is 19.0 Å². The molecule has 1 aliphatic heterocycles. The topological polar surface area (TPSA) is 73.9 Å². The smallest absolute Gasteiger partial charge is 0.361 e. The number of hydrogen-bond acceptors (Lipinski definition) is 4. The van der Waals surface area contributed by atoms with Crippen molar-refractivity contribution >= 4 is 11.3 Å². The monoisotopic (exact) mass is 478 g/mol. The molecule has 2 unspecified atom stereocenters. The van der Waals surface area contributed by atoms with E-state index in [9.17, 15) is 18.4 Å². The van der Waals surface area contributed by atoms with E-state index in [-0.39, 0.29) is 23.7 Å². The summed E-state index contributed by atoms with van der Waals surface area (Å²) in [6, 6.07) is 14.0. The Balaban J connectivity index is 1.53. The quantitative estimate of drug-likeness (QED) is 0.479. The first kappa shape index (κ1) is 24.6. The summed E-state index contributed by atoms with van der Waals surface area (Å²) >= 11 is 0. The standard InChI is InChI=1S/C28H29F3N4/c1-2-24(33)27-34-25(17-32)26(35-27)22-15-14-21(23(16-22)28(29,30)31)13-10-18-8-11-20(12-9-18)19-6-4-3-5-7-19/h4,6-9,11-12,14-16,24,27,34-35H,2-3,5,10,13,33H2,1H3. The molecule has 7 heteroatoms. The first-order chi connectivity index (χ1) is 16.8. The van der Waals surface area contributed by atoms with Crippen molar-refractivity contribution < 1.29 is 13.2 Å². The Labute approximate surface area is 204 Å². The highest BCUT2D eigenvalue weighted by Crippen LogP contribution is 2.35. The van der Waals surface area contributed by atoms with Crippen molar-refractivity contribution in [2.75, 3.05) is 0 Å². The minimum Gasteiger partial charge on any atom is -0.361 e. The lowest BCUT2D eigenvalue weighted by Gasteiger charge is -2.20. The van der Waals surface area contributed by atoms with Crippen LogP contribution in [0.25, 0.3) is 11.3 Å². The summed E-state index contributed by atoms with van der Waals surface area (Å²) in [5, 5.41) is 15.6. The van der Waals surface area contributed by atoms with Crippen LogP contribution in [0.15, 0.2) is 66.4 Å². The molecule has 0 spiro atoms. The van der Waals surface area contributed by atoms with E-state index < -0.39 is 17.9 Å². The lowest BCUT2D eigenvalue weighted by molar-refractivity contribution is -0.138. The van der Waals surface area contributed by atoms with E-state index >= 15 is 0 Å². The molecule has 4 N–H and O–H groups in total. The van der Waals surface area contributed by atoms with Gasteiger partial charge in [-0.3, -0.25) is 0 Å². The van der Waals surface area contributed by atoms with Crippen molar-refractivity contribution in [1.82, 2.24) is 10.6 Å². The molecule has 0 fully saturated rings. The van der Waals surface area contributed by atoms with Crippen LogP contribution in [0, 0.1) is 11.3 Å². The second-order valence-electron chi connectivity index (χ2n) is 8.91. The summed E-state index contributed by atoms with van der Waals surface area (Å²) in [6.07, 6.45) is 5.03. The number of hydrogen-bond donors (Lipinski definition) is 3. The van der Waals surface area contributed by atoms with E-state index in [0.717, 1.165) is 30.0 Å². The first-order valence-electron chi connectivity index (χ1n) is 11.9. The van der Waals surface area contributed by atoms with E-state index in [1.54, 1.807) is 6.07 Å². The number of alkyl halides is 3. The van der Waals surface area contributed by atoms with Crippen molar-refractivity contribution in [3.63, 3.8) is 0 Å². The third-order valence-corrected chi connectivity index (χ3v) is 6.53. The fourth-order valence-electron chi connectivity index (χ4n) is 4.44. The van der Waals surface area contributed by atoms with Gasteiger partial charge in [0.15, 0.2) is 0 Å². The van der Waals surface area contributed by atoms with Gasteiger partial charge >= 0.3 is 6.18 Å². The number of benzene rings is 2. The van der Waals surface area contributed by atoms with Crippen LogP contribution in [0.2, 0.25) is 0 Å². The number of rotatable bonds is 7. The zero-order valence-electron chi connectivity index (χ0n) is 19.6. The van der Waals surface area contributed by atoms with Crippen molar-refractivity contribution in [2.45, 2.75) is 57.4 Å². The Hall–Kier alpha value is -3.50. The lowest BCUT2D eigenvalue weighted by Crippen LogP contribution is -2.48. The third kappa shape index (κ3) is 5.60. The second-order valence-corrected chi connectivity index (χ2v) is 8.91. The zero-order valence-corrected chi connectivity index (χ0v) is 19.6. The molecule has 2 atom stereocenters. The van der Waals surface area contributed by atoms with Crippen LogP contribution >= 0.6 is 0 Å². The fourth-order valence-corrected chi connectivity index (χ4v) is 4.44. The number of nitriles is 1. The molecule has 35 heavy (non-hydrogen) atoms. The molecule has 2 aromatic carbocycles. The zero-order chi connectivity index (χ0) is 25.0. The van der Waals surface area contributed by atoms with Crippen molar-refractivity contribution in [3.05, 3.63) is 94.2 Å². The van der Waals surface area contributed by atoms with Crippen molar-refractivity contribution in [2.24, 2.45) is 5.73 Å². The van der Waals surface area contributed by atoms with Gasteiger partial charge in [-0.2, -0.15) is 18.4 Å². The molecule has 0 saturated carbocycles.